The van der Waals surface area contributed by atoms with Gasteiger partial charge in [-0.15, -0.1) is 0 Å². The number of fused-ring (bicyclic) bond motifs is 1. The lowest BCUT2D eigenvalue weighted by Gasteiger charge is -2.39. The van der Waals surface area contributed by atoms with E-state index in [9.17, 15) is 10.2 Å². The van der Waals surface area contributed by atoms with Crippen molar-refractivity contribution in [3.63, 3.8) is 0 Å². The Morgan fingerprint density at radius 1 is 0.952 bits per heavy atom. The van der Waals surface area contributed by atoms with Gasteiger partial charge in [0.05, 0.1) is 32.3 Å². The Labute approximate surface area is 129 Å². The Bertz CT molecular complexity index is 327. The minimum absolute atomic E-state index is 0.0255. The summed E-state index contributed by atoms with van der Waals surface area (Å²) < 4.78 is 0. The number of hydrogen-bond acceptors (Lipinski definition) is 2. The van der Waals surface area contributed by atoms with Gasteiger partial charge in [0.1, 0.15) is 0 Å². The zero-order valence-electron chi connectivity index (χ0n) is 13.6. The van der Waals surface area contributed by atoms with Crippen LogP contribution in [0.2, 0.25) is 0 Å². The van der Waals surface area contributed by atoms with Gasteiger partial charge in [-0.2, -0.15) is 0 Å². The topological polar surface area (TPSA) is 44.9 Å². The van der Waals surface area contributed by atoms with Crippen LogP contribution in [-0.2, 0) is 0 Å². The molecule has 0 amide bonds. The molecule has 4 unspecified atom stereocenters. The summed E-state index contributed by atoms with van der Waals surface area (Å²) in [6.07, 6.45) is 8.50. The van der Waals surface area contributed by atoms with Crippen molar-refractivity contribution in [3.05, 3.63) is 0 Å². The second kappa shape index (κ2) is 6.97. The van der Waals surface area contributed by atoms with Crippen LogP contribution in [0.1, 0.15) is 51.9 Å². The highest BCUT2D eigenvalue weighted by Gasteiger charge is 2.45. The second-order valence-electron chi connectivity index (χ2n) is 8.20. The molecule has 21 heavy (non-hydrogen) atoms. The Morgan fingerprint density at radius 2 is 1.71 bits per heavy atom. The van der Waals surface area contributed by atoms with Gasteiger partial charge in [0, 0.05) is 11.8 Å². The third-order valence-electron chi connectivity index (χ3n) is 6.87. The summed E-state index contributed by atoms with van der Waals surface area (Å²) in [5, 5.41) is 19.4. The highest BCUT2D eigenvalue weighted by molar-refractivity contribution is 4.88. The van der Waals surface area contributed by atoms with Gasteiger partial charge in [0.25, 0.3) is 0 Å². The molecule has 3 aliphatic rings. The maximum absolute atomic E-state index is 9.75. The molecule has 1 aliphatic heterocycles. The number of nitrogens with one attached hydrogen (secondary N) is 1. The van der Waals surface area contributed by atoms with Gasteiger partial charge in [0.15, 0.2) is 0 Å². The molecule has 0 aromatic heterocycles. The van der Waals surface area contributed by atoms with Crippen LogP contribution >= 0.6 is 0 Å². The molecule has 2 aliphatic carbocycles. The summed E-state index contributed by atoms with van der Waals surface area (Å²) in [5.74, 6) is 3.92. The first kappa shape index (κ1) is 15.8. The quantitative estimate of drug-likeness (QED) is 0.727. The van der Waals surface area contributed by atoms with E-state index in [0.717, 1.165) is 36.5 Å². The number of piperidine rings is 1. The molecule has 0 aromatic rings. The van der Waals surface area contributed by atoms with E-state index >= 15 is 0 Å². The number of rotatable bonds is 4. The average molecular weight is 296 g/mol. The molecule has 3 nitrogen and oxygen atoms in total. The number of likely N-dealkylation sites (tertiary alicyclic amines) is 1. The first-order valence-corrected chi connectivity index (χ1v) is 9.29. The van der Waals surface area contributed by atoms with Gasteiger partial charge in [-0.05, 0) is 62.7 Å². The highest BCUT2D eigenvalue weighted by Crippen LogP contribution is 2.41. The minimum Gasteiger partial charge on any atom is -0.396 e. The van der Waals surface area contributed by atoms with Crippen LogP contribution in [0.3, 0.4) is 0 Å². The molecule has 3 fully saturated rings. The normalized spacial score (nSPS) is 47.3. The molecule has 5 atom stereocenters. The fraction of sp³-hybridized carbons (Fsp3) is 1.00. The van der Waals surface area contributed by atoms with Gasteiger partial charge in [-0.25, -0.2) is 0 Å². The van der Waals surface area contributed by atoms with Gasteiger partial charge in [0.2, 0.25) is 0 Å². The van der Waals surface area contributed by atoms with E-state index in [1.807, 2.05) is 0 Å². The van der Waals surface area contributed by atoms with Crippen molar-refractivity contribution >= 4 is 0 Å². The first-order valence-electron chi connectivity index (χ1n) is 9.29. The van der Waals surface area contributed by atoms with Crippen LogP contribution < -0.4 is 4.90 Å². The number of aliphatic hydroxyl groups excluding tert-OH is 2. The lowest BCUT2D eigenvalue weighted by atomic mass is 9.77. The molecule has 3 heteroatoms. The predicted octanol–water partition coefficient (Wildman–Crippen LogP) is 1.10. The Balaban J connectivity index is 1.49. The number of hydrogen-bond donors (Lipinski definition) is 3. The molecule has 122 valence electrons. The summed E-state index contributed by atoms with van der Waals surface area (Å²) in [7, 11) is 0. The van der Waals surface area contributed by atoms with Gasteiger partial charge >= 0.3 is 0 Å². The van der Waals surface area contributed by atoms with Crippen LogP contribution in [-0.4, -0.2) is 42.6 Å². The van der Waals surface area contributed by atoms with E-state index in [1.165, 1.54) is 51.7 Å². The lowest BCUT2D eigenvalue weighted by Crippen LogP contribution is -3.15. The van der Waals surface area contributed by atoms with Gasteiger partial charge in [-0.1, -0.05) is 6.92 Å². The fourth-order valence-corrected chi connectivity index (χ4v) is 5.43. The van der Waals surface area contributed by atoms with Gasteiger partial charge in [-0.3, -0.25) is 0 Å². The fourth-order valence-electron chi connectivity index (χ4n) is 5.43. The van der Waals surface area contributed by atoms with Crippen molar-refractivity contribution in [1.29, 1.82) is 0 Å². The largest absolute Gasteiger partial charge is 0.396 e. The lowest BCUT2D eigenvalue weighted by molar-refractivity contribution is -0.915. The molecule has 3 rings (SSSR count). The summed E-state index contributed by atoms with van der Waals surface area (Å²) in [5.41, 5.74) is 0. The molecular weight excluding hydrogens is 262 g/mol. The average Bonchev–Trinajstić information content (AvgIpc) is 2.87. The first-order chi connectivity index (χ1) is 10.2. The minimum atomic E-state index is -0.0255. The van der Waals surface area contributed by atoms with E-state index in [4.69, 9.17) is 0 Å². The van der Waals surface area contributed by atoms with Crippen LogP contribution in [0, 0.1) is 29.6 Å². The molecule has 0 aromatic carbocycles. The van der Waals surface area contributed by atoms with E-state index in [1.54, 1.807) is 4.90 Å². The Morgan fingerprint density at radius 3 is 2.43 bits per heavy atom. The highest BCUT2D eigenvalue weighted by atomic mass is 16.3. The zero-order valence-corrected chi connectivity index (χ0v) is 13.6. The number of quaternary nitrogens is 1. The van der Waals surface area contributed by atoms with E-state index in [2.05, 4.69) is 6.92 Å². The maximum Gasteiger partial charge on any atom is 0.0824 e. The van der Waals surface area contributed by atoms with Gasteiger partial charge < -0.3 is 15.1 Å². The maximum atomic E-state index is 9.75. The Hall–Kier alpha value is -0.120. The molecular formula is C18H34NO2+. The van der Waals surface area contributed by atoms with Crippen LogP contribution in [0.5, 0.6) is 0 Å². The van der Waals surface area contributed by atoms with E-state index in [0.29, 0.717) is 12.5 Å². The van der Waals surface area contributed by atoms with Crippen LogP contribution in [0.15, 0.2) is 0 Å². The molecule has 3 N–H and O–H groups in total. The molecule has 0 bridgehead atoms. The third-order valence-corrected chi connectivity index (χ3v) is 6.87. The molecule has 1 heterocycles. The van der Waals surface area contributed by atoms with Crippen molar-refractivity contribution < 1.29 is 15.1 Å². The summed E-state index contributed by atoms with van der Waals surface area (Å²) in [4.78, 5) is 1.75. The molecule has 0 spiro atoms. The van der Waals surface area contributed by atoms with Crippen LogP contribution in [0.25, 0.3) is 0 Å². The van der Waals surface area contributed by atoms with Crippen molar-refractivity contribution in [3.8, 4) is 0 Å². The van der Waals surface area contributed by atoms with Crippen molar-refractivity contribution in [2.75, 3.05) is 26.2 Å². The monoisotopic (exact) mass is 296 g/mol. The van der Waals surface area contributed by atoms with Crippen molar-refractivity contribution in [1.82, 2.24) is 0 Å². The third kappa shape index (κ3) is 3.62. The standard InChI is InChI=1S/C18H33NO2/c1-13-2-7-17-15(12-20)10-19(11-18(13)17)9-8-14-3-5-16(21)6-4-14/h13-18,20-21H,2-12H2,1H3/p+1/t13-,14?,15?,16?,17?,18?/m1/s1. The smallest absolute Gasteiger partial charge is 0.0824 e. The van der Waals surface area contributed by atoms with Crippen LogP contribution in [0.4, 0.5) is 0 Å². The Kier molecular flexibility index (Phi) is 5.23. The molecule has 0 radical (unpaired) electrons. The second-order valence-corrected chi connectivity index (χ2v) is 8.20. The van der Waals surface area contributed by atoms with Crippen molar-refractivity contribution in [2.24, 2.45) is 29.6 Å². The SMILES string of the molecule is C[C@@H]1CCC2C(CO)C[NH+](CCC3CCC(O)CC3)CC21. The summed E-state index contributed by atoms with van der Waals surface area (Å²) >= 11 is 0. The van der Waals surface area contributed by atoms with E-state index in [-0.39, 0.29) is 6.10 Å². The van der Waals surface area contributed by atoms with Crippen molar-refractivity contribution in [2.45, 2.75) is 58.0 Å². The predicted molar refractivity (Wildman–Crippen MR) is 84.1 cm³/mol. The molecule has 2 saturated carbocycles. The molecule has 1 saturated heterocycles. The van der Waals surface area contributed by atoms with E-state index < -0.39 is 0 Å². The summed E-state index contributed by atoms with van der Waals surface area (Å²) in [6.45, 7) is 6.64. The number of aliphatic hydroxyl groups is 2. The summed E-state index contributed by atoms with van der Waals surface area (Å²) in [6, 6.07) is 0. The zero-order chi connectivity index (χ0) is 14.8.